The molecule has 1 aliphatic heterocycles. The smallest absolute Gasteiger partial charge is 0.326 e. The van der Waals surface area contributed by atoms with Crippen molar-refractivity contribution in [2.75, 3.05) is 18.1 Å². The van der Waals surface area contributed by atoms with Crippen LogP contribution in [0.5, 0.6) is 0 Å². The number of benzene rings is 1. The lowest BCUT2D eigenvalue weighted by Crippen LogP contribution is -2.42. The molecule has 0 saturated carbocycles. The van der Waals surface area contributed by atoms with Gasteiger partial charge in [-0.1, -0.05) is 0 Å². The van der Waals surface area contributed by atoms with Crippen LogP contribution in [0.3, 0.4) is 0 Å². The summed E-state index contributed by atoms with van der Waals surface area (Å²) in [5, 5.41) is 11.6. The molecule has 1 unspecified atom stereocenters. The highest BCUT2D eigenvalue weighted by atomic mass is 32.2. The van der Waals surface area contributed by atoms with Gasteiger partial charge < -0.3 is 15.3 Å². The Hall–Kier alpha value is -2.09. The number of anilines is 1. The van der Waals surface area contributed by atoms with E-state index in [1.165, 1.54) is 29.2 Å². The first-order valence-electron chi connectivity index (χ1n) is 6.39. The van der Waals surface area contributed by atoms with Gasteiger partial charge >= 0.3 is 12.0 Å². The summed E-state index contributed by atoms with van der Waals surface area (Å²) in [4.78, 5) is 24.5. The number of sulfone groups is 1. The van der Waals surface area contributed by atoms with Gasteiger partial charge in [-0.15, -0.1) is 0 Å². The van der Waals surface area contributed by atoms with Gasteiger partial charge in [0.2, 0.25) is 0 Å². The molecule has 7 nitrogen and oxygen atoms in total. The second-order valence-electron chi connectivity index (χ2n) is 4.92. The van der Waals surface area contributed by atoms with Gasteiger partial charge in [-0.2, -0.15) is 0 Å². The maximum Gasteiger partial charge on any atom is 0.326 e. The van der Waals surface area contributed by atoms with Crippen molar-refractivity contribution in [2.24, 2.45) is 0 Å². The standard InChI is InChI=1S/C13H16N2O5S/c1-21(19,20)10-6-4-9(5-7-10)14-13(18)15-8-2-3-11(15)12(16)17/h4-7,11H,2-3,8H2,1H3,(H,14,18)(H,16,17). The van der Waals surface area contributed by atoms with E-state index < -0.39 is 27.9 Å². The summed E-state index contributed by atoms with van der Waals surface area (Å²) in [6, 6.07) is 4.43. The number of carboxylic acid groups (broad SMARTS) is 1. The third-order valence-electron chi connectivity index (χ3n) is 3.33. The molecule has 1 atom stereocenters. The van der Waals surface area contributed by atoms with Crippen molar-refractivity contribution in [1.82, 2.24) is 4.90 Å². The Kier molecular flexibility index (Phi) is 4.17. The molecule has 1 saturated heterocycles. The van der Waals surface area contributed by atoms with Gasteiger partial charge in [0.1, 0.15) is 6.04 Å². The Labute approximate surface area is 122 Å². The number of nitrogens with zero attached hydrogens (tertiary/aromatic N) is 1. The van der Waals surface area contributed by atoms with Gasteiger partial charge in [0.05, 0.1) is 4.90 Å². The largest absolute Gasteiger partial charge is 0.480 e. The molecule has 1 fully saturated rings. The summed E-state index contributed by atoms with van der Waals surface area (Å²) in [7, 11) is -3.28. The minimum Gasteiger partial charge on any atom is -0.480 e. The fourth-order valence-corrected chi connectivity index (χ4v) is 2.88. The first-order valence-corrected chi connectivity index (χ1v) is 8.29. The van der Waals surface area contributed by atoms with Crippen molar-refractivity contribution < 1.29 is 23.1 Å². The van der Waals surface area contributed by atoms with Gasteiger partial charge in [-0.05, 0) is 37.1 Å². The molecular weight excluding hydrogens is 296 g/mol. The predicted octanol–water partition coefficient (Wildman–Crippen LogP) is 1.17. The number of hydrogen-bond donors (Lipinski definition) is 2. The SMILES string of the molecule is CS(=O)(=O)c1ccc(NC(=O)N2CCCC2C(=O)O)cc1. The van der Waals surface area contributed by atoms with Crippen molar-refractivity contribution in [1.29, 1.82) is 0 Å². The van der Waals surface area contributed by atoms with Crippen molar-refractivity contribution in [3.05, 3.63) is 24.3 Å². The molecule has 0 radical (unpaired) electrons. The molecule has 114 valence electrons. The molecule has 2 N–H and O–H groups in total. The summed E-state index contributed by atoms with van der Waals surface area (Å²) < 4.78 is 22.7. The van der Waals surface area contributed by atoms with Crippen LogP contribution in [0.2, 0.25) is 0 Å². The number of nitrogens with one attached hydrogen (secondary N) is 1. The Morgan fingerprint density at radius 1 is 1.29 bits per heavy atom. The Morgan fingerprint density at radius 3 is 2.43 bits per heavy atom. The number of hydrogen-bond acceptors (Lipinski definition) is 4. The first-order chi connectivity index (χ1) is 9.79. The fraction of sp³-hybridized carbons (Fsp3) is 0.385. The highest BCUT2D eigenvalue weighted by Gasteiger charge is 2.33. The minimum atomic E-state index is -3.28. The maximum atomic E-state index is 12.0. The lowest BCUT2D eigenvalue weighted by molar-refractivity contribution is -0.141. The zero-order valence-electron chi connectivity index (χ0n) is 11.4. The van der Waals surface area contributed by atoms with E-state index in [1.54, 1.807) is 0 Å². The number of likely N-dealkylation sites (tertiary alicyclic amines) is 1. The highest BCUT2D eigenvalue weighted by molar-refractivity contribution is 7.90. The molecule has 1 aromatic rings. The average molecular weight is 312 g/mol. The second-order valence-corrected chi connectivity index (χ2v) is 6.93. The van der Waals surface area contributed by atoms with Gasteiger partial charge in [-0.25, -0.2) is 18.0 Å². The van der Waals surface area contributed by atoms with Gasteiger partial charge in [0.25, 0.3) is 0 Å². The molecule has 1 aliphatic rings. The molecule has 0 aliphatic carbocycles. The van der Waals surface area contributed by atoms with E-state index in [4.69, 9.17) is 5.11 Å². The number of amides is 2. The van der Waals surface area contributed by atoms with Crippen molar-refractivity contribution in [3.8, 4) is 0 Å². The number of rotatable bonds is 3. The zero-order valence-corrected chi connectivity index (χ0v) is 12.3. The second kappa shape index (κ2) is 5.72. The number of carboxylic acids is 1. The third-order valence-corrected chi connectivity index (χ3v) is 4.46. The van der Waals surface area contributed by atoms with Crippen LogP contribution in [0.4, 0.5) is 10.5 Å². The van der Waals surface area contributed by atoms with Crippen LogP contribution < -0.4 is 5.32 Å². The number of aliphatic carboxylic acids is 1. The number of carbonyl (C=O) groups is 2. The van der Waals surface area contributed by atoms with Crippen LogP contribution in [0.15, 0.2) is 29.2 Å². The van der Waals surface area contributed by atoms with E-state index >= 15 is 0 Å². The van der Waals surface area contributed by atoms with Crippen LogP contribution in [-0.2, 0) is 14.6 Å². The summed E-state index contributed by atoms with van der Waals surface area (Å²) in [5.74, 6) is -1.02. The number of carbonyl (C=O) groups excluding carboxylic acids is 1. The minimum absolute atomic E-state index is 0.157. The summed E-state index contributed by atoms with van der Waals surface area (Å²) in [5.41, 5.74) is 0.420. The van der Waals surface area contributed by atoms with Crippen molar-refractivity contribution in [3.63, 3.8) is 0 Å². The van der Waals surface area contributed by atoms with E-state index in [0.717, 1.165) is 6.26 Å². The van der Waals surface area contributed by atoms with Gasteiger partial charge in [0, 0.05) is 18.5 Å². The lowest BCUT2D eigenvalue weighted by Gasteiger charge is -2.21. The molecule has 0 aromatic heterocycles. The molecule has 1 heterocycles. The Balaban J connectivity index is 2.08. The molecule has 1 aromatic carbocycles. The fourth-order valence-electron chi connectivity index (χ4n) is 2.25. The van der Waals surface area contributed by atoms with Crippen LogP contribution in [0.25, 0.3) is 0 Å². The van der Waals surface area contributed by atoms with E-state index in [0.29, 0.717) is 25.1 Å². The van der Waals surface area contributed by atoms with Crippen LogP contribution in [-0.4, -0.2) is 49.3 Å². The molecule has 2 rings (SSSR count). The quantitative estimate of drug-likeness (QED) is 0.872. The average Bonchev–Trinajstić information content (AvgIpc) is 2.87. The summed E-state index contributed by atoms with van der Waals surface area (Å²) in [6.45, 7) is 0.393. The van der Waals surface area contributed by atoms with E-state index in [-0.39, 0.29) is 4.90 Å². The lowest BCUT2D eigenvalue weighted by atomic mass is 10.2. The monoisotopic (exact) mass is 312 g/mol. The van der Waals surface area contributed by atoms with Crippen LogP contribution in [0.1, 0.15) is 12.8 Å². The summed E-state index contributed by atoms with van der Waals surface area (Å²) in [6.07, 6.45) is 2.19. The topological polar surface area (TPSA) is 104 Å². The molecule has 8 heteroatoms. The van der Waals surface area contributed by atoms with Crippen LogP contribution in [0, 0.1) is 0 Å². The van der Waals surface area contributed by atoms with Gasteiger partial charge in [-0.3, -0.25) is 0 Å². The zero-order chi connectivity index (χ0) is 15.6. The summed E-state index contributed by atoms with van der Waals surface area (Å²) >= 11 is 0. The van der Waals surface area contributed by atoms with E-state index in [2.05, 4.69) is 5.32 Å². The normalized spacial score (nSPS) is 18.5. The highest BCUT2D eigenvalue weighted by Crippen LogP contribution is 2.20. The molecule has 0 bridgehead atoms. The van der Waals surface area contributed by atoms with E-state index in [9.17, 15) is 18.0 Å². The van der Waals surface area contributed by atoms with Crippen molar-refractivity contribution in [2.45, 2.75) is 23.8 Å². The Bertz CT molecular complexity index is 654. The van der Waals surface area contributed by atoms with Crippen LogP contribution >= 0.6 is 0 Å². The Morgan fingerprint density at radius 2 is 1.90 bits per heavy atom. The molecular formula is C13H16N2O5S. The van der Waals surface area contributed by atoms with E-state index in [1.807, 2.05) is 0 Å². The number of urea groups is 1. The van der Waals surface area contributed by atoms with Gasteiger partial charge in [0.15, 0.2) is 9.84 Å². The molecule has 2 amide bonds. The third kappa shape index (κ3) is 3.52. The molecule has 0 spiro atoms. The first kappa shape index (κ1) is 15.3. The predicted molar refractivity (Wildman–Crippen MR) is 75.9 cm³/mol. The molecule has 21 heavy (non-hydrogen) atoms. The maximum absolute atomic E-state index is 12.0. The van der Waals surface area contributed by atoms with Crippen molar-refractivity contribution >= 4 is 27.5 Å².